The average Bonchev–Trinajstić information content (AvgIpc) is 2.99. The third-order valence-corrected chi connectivity index (χ3v) is 4.47. The van der Waals surface area contributed by atoms with Crippen LogP contribution in [0, 0.1) is 0 Å². The van der Waals surface area contributed by atoms with E-state index in [1.807, 2.05) is 18.2 Å². The second-order valence-corrected chi connectivity index (χ2v) is 6.12. The number of benzene rings is 1. The molecule has 1 aliphatic carbocycles. The van der Waals surface area contributed by atoms with Gasteiger partial charge in [-0.25, -0.2) is 0 Å². The number of nitrogens with one attached hydrogen (secondary N) is 1. The smallest absolute Gasteiger partial charge is 0.158 e. The van der Waals surface area contributed by atoms with E-state index in [0.717, 1.165) is 18.7 Å². The Hall–Kier alpha value is -1.87. The van der Waals surface area contributed by atoms with Gasteiger partial charge in [-0.2, -0.15) is 0 Å². The van der Waals surface area contributed by atoms with E-state index in [0.29, 0.717) is 12.3 Å². The Morgan fingerprint density at radius 1 is 1.10 bits per heavy atom. The van der Waals surface area contributed by atoms with E-state index < -0.39 is 0 Å². The van der Waals surface area contributed by atoms with Crippen molar-refractivity contribution in [3.8, 4) is 0 Å². The van der Waals surface area contributed by atoms with Crippen LogP contribution < -0.4 is 5.32 Å². The highest BCUT2D eigenvalue weighted by Gasteiger charge is 2.21. The molecular weight excluding hydrogens is 266 g/mol. The fourth-order valence-electron chi connectivity index (χ4n) is 2.59. The van der Waals surface area contributed by atoms with Crippen molar-refractivity contribution in [2.24, 2.45) is 0 Å². The Bertz CT molecular complexity index is 601. The highest BCUT2D eigenvalue weighted by molar-refractivity contribution is 7.09. The number of rotatable bonds is 4. The van der Waals surface area contributed by atoms with E-state index in [9.17, 15) is 4.79 Å². The first-order chi connectivity index (χ1) is 9.81. The second kappa shape index (κ2) is 6.06. The van der Waals surface area contributed by atoms with Crippen LogP contribution in [0.4, 0.5) is 0 Å². The van der Waals surface area contributed by atoms with Gasteiger partial charge in [0.25, 0.3) is 0 Å². The second-order valence-electron chi connectivity index (χ2n) is 5.08. The topological polar surface area (TPSA) is 29.1 Å². The Balaban J connectivity index is 1.68. The summed E-state index contributed by atoms with van der Waals surface area (Å²) in [5.41, 5.74) is 2.31. The summed E-state index contributed by atoms with van der Waals surface area (Å²) in [6, 6.07) is 14.5. The van der Waals surface area contributed by atoms with Gasteiger partial charge in [-0.3, -0.25) is 4.79 Å². The van der Waals surface area contributed by atoms with Crippen LogP contribution in [0.25, 0.3) is 0 Å². The van der Waals surface area contributed by atoms with Crippen molar-refractivity contribution in [1.29, 1.82) is 0 Å². The van der Waals surface area contributed by atoms with Gasteiger partial charge < -0.3 is 5.32 Å². The lowest BCUT2D eigenvalue weighted by molar-refractivity contribution is -0.115. The highest BCUT2D eigenvalue weighted by Crippen LogP contribution is 2.30. The van der Waals surface area contributed by atoms with Gasteiger partial charge in [0.05, 0.1) is 0 Å². The highest BCUT2D eigenvalue weighted by atomic mass is 32.1. The molecule has 20 heavy (non-hydrogen) atoms. The lowest BCUT2D eigenvalue weighted by Gasteiger charge is -2.23. The number of allylic oxidation sites excluding steroid dienone is 2. The predicted molar refractivity (Wildman–Crippen MR) is 82.7 cm³/mol. The molecule has 1 aromatic carbocycles. The quantitative estimate of drug-likeness (QED) is 0.923. The van der Waals surface area contributed by atoms with E-state index in [1.54, 1.807) is 17.4 Å². The van der Waals surface area contributed by atoms with Gasteiger partial charge >= 0.3 is 0 Å². The fourth-order valence-corrected chi connectivity index (χ4v) is 3.24. The molecule has 0 saturated carbocycles. The fraction of sp³-hybridized carbons (Fsp3) is 0.235. The molecule has 0 bridgehead atoms. The first-order valence-corrected chi connectivity index (χ1v) is 7.74. The van der Waals surface area contributed by atoms with Crippen molar-refractivity contribution in [1.82, 2.24) is 5.32 Å². The summed E-state index contributed by atoms with van der Waals surface area (Å²) in [6.07, 6.45) is 3.31. The first-order valence-electron chi connectivity index (χ1n) is 6.86. The number of hydrogen-bond donors (Lipinski definition) is 1. The molecule has 1 heterocycles. The monoisotopic (exact) mass is 283 g/mol. The molecule has 1 atom stereocenters. The van der Waals surface area contributed by atoms with Gasteiger partial charge in [-0.15, -0.1) is 11.3 Å². The molecule has 102 valence electrons. The summed E-state index contributed by atoms with van der Waals surface area (Å²) in [4.78, 5) is 13.2. The molecule has 0 saturated heterocycles. The van der Waals surface area contributed by atoms with Gasteiger partial charge in [0.2, 0.25) is 0 Å². The van der Waals surface area contributed by atoms with Crippen LogP contribution in [0.5, 0.6) is 0 Å². The van der Waals surface area contributed by atoms with E-state index in [-0.39, 0.29) is 5.78 Å². The third-order valence-electron chi connectivity index (χ3n) is 3.59. The Kier molecular flexibility index (Phi) is 3.97. The van der Waals surface area contributed by atoms with Gasteiger partial charge in [-0.1, -0.05) is 36.4 Å². The maximum Gasteiger partial charge on any atom is 0.158 e. The van der Waals surface area contributed by atoms with Gasteiger partial charge in [0, 0.05) is 29.6 Å². The summed E-state index contributed by atoms with van der Waals surface area (Å²) in [5, 5.41) is 5.48. The first kappa shape index (κ1) is 13.1. The molecule has 2 nitrogen and oxygen atoms in total. The van der Waals surface area contributed by atoms with Crippen LogP contribution in [0.1, 0.15) is 29.2 Å². The van der Waals surface area contributed by atoms with Crippen LogP contribution in [0.15, 0.2) is 59.6 Å². The molecule has 0 radical (unpaired) electrons. The predicted octanol–water partition coefficient (Wildman–Crippen LogP) is 3.87. The minimum atomic E-state index is 0.221. The number of thiophene rings is 1. The molecule has 3 heteroatoms. The van der Waals surface area contributed by atoms with Crippen LogP contribution >= 0.6 is 11.3 Å². The van der Waals surface area contributed by atoms with E-state index >= 15 is 0 Å². The van der Waals surface area contributed by atoms with Crippen molar-refractivity contribution >= 4 is 17.1 Å². The van der Waals surface area contributed by atoms with Crippen molar-refractivity contribution in [2.45, 2.75) is 25.3 Å². The lowest BCUT2D eigenvalue weighted by atomic mass is 9.85. The normalized spacial score (nSPS) is 18.7. The lowest BCUT2D eigenvalue weighted by Crippen LogP contribution is -2.21. The largest absolute Gasteiger partial charge is 0.383 e. The van der Waals surface area contributed by atoms with E-state index in [4.69, 9.17) is 0 Å². The zero-order valence-corrected chi connectivity index (χ0v) is 12.0. The van der Waals surface area contributed by atoms with E-state index in [2.05, 4.69) is 35.0 Å². The molecular formula is C17H17NOS. The van der Waals surface area contributed by atoms with Gasteiger partial charge in [0.15, 0.2) is 5.78 Å². The molecule has 1 N–H and O–H groups in total. The molecule has 0 amide bonds. The van der Waals surface area contributed by atoms with Crippen LogP contribution in [-0.2, 0) is 11.3 Å². The summed E-state index contributed by atoms with van der Waals surface area (Å²) < 4.78 is 0. The minimum Gasteiger partial charge on any atom is -0.383 e. The Morgan fingerprint density at radius 2 is 1.95 bits per heavy atom. The Labute approximate surface area is 123 Å². The van der Waals surface area contributed by atoms with Crippen molar-refractivity contribution in [3.63, 3.8) is 0 Å². The Morgan fingerprint density at radius 3 is 2.70 bits per heavy atom. The number of carbonyl (C=O) groups excluding carboxylic acids is 1. The van der Waals surface area contributed by atoms with Crippen LogP contribution in [0.2, 0.25) is 0 Å². The molecule has 1 aromatic heterocycles. The number of carbonyl (C=O) groups is 1. The maximum absolute atomic E-state index is 11.9. The molecule has 0 aliphatic heterocycles. The third kappa shape index (κ3) is 3.17. The standard InChI is InChI=1S/C17H17NOS/c19-16-10-14(13-5-2-1-3-6-13)9-15(11-16)18-12-17-7-4-8-20-17/h1-8,11,14,18H,9-10,12H2/t14-/m0/s1. The molecule has 0 unspecified atom stereocenters. The van der Waals surface area contributed by atoms with Crippen LogP contribution in [-0.4, -0.2) is 5.78 Å². The summed E-state index contributed by atoms with van der Waals surface area (Å²) in [7, 11) is 0. The number of hydrogen-bond acceptors (Lipinski definition) is 3. The molecule has 3 rings (SSSR count). The van der Waals surface area contributed by atoms with Crippen molar-refractivity contribution in [3.05, 3.63) is 70.1 Å². The summed E-state index contributed by atoms with van der Waals surface area (Å²) >= 11 is 1.73. The molecule has 0 spiro atoms. The zero-order chi connectivity index (χ0) is 13.8. The molecule has 1 aliphatic rings. The van der Waals surface area contributed by atoms with Crippen LogP contribution in [0.3, 0.4) is 0 Å². The summed E-state index contributed by atoms with van der Waals surface area (Å²) in [5.74, 6) is 0.526. The van der Waals surface area contributed by atoms with E-state index in [1.165, 1.54) is 10.4 Å². The maximum atomic E-state index is 11.9. The van der Waals surface area contributed by atoms with Gasteiger partial charge in [0.1, 0.15) is 0 Å². The minimum absolute atomic E-state index is 0.221. The van der Waals surface area contributed by atoms with Crippen molar-refractivity contribution in [2.75, 3.05) is 0 Å². The zero-order valence-electron chi connectivity index (χ0n) is 11.2. The SMILES string of the molecule is O=C1C=C(NCc2cccs2)C[C@H](c2ccccc2)C1. The molecule has 2 aromatic rings. The van der Waals surface area contributed by atoms with Gasteiger partial charge in [-0.05, 0) is 29.3 Å². The average molecular weight is 283 g/mol. The summed E-state index contributed by atoms with van der Waals surface area (Å²) in [6.45, 7) is 0.804. The van der Waals surface area contributed by atoms with Crippen molar-refractivity contribution < 1.29 is 4.79 Å². The molecule has 0 fully saturated rings. The number of ketones is 1.